The van der Waals surface area contributed by atoms with Gasteiger partial charge >= 0.3 is 11.6 Å². The van der Waals surface area contributed by atoms with Crippen LogP contribution in [0.2, 0.25) is 0 Å². The molecule has 174 valence electrons. The van der Waals surface area contributed by atoms with E-state index in [1.807, 2.05) is 6.08 Å². The molecule has 4 rings (SSSR count). The lowest BCUT2D eigenvalue weighted by atomic mass is 9.97. The molecule has 0 saturated carbocycles. The maximum Gasteiger partial charge on any atom is 0.340 e. The van der Waals surface area contributed by atoms with Gasteiger partial charge in [0.05, 0.1) is 5.03 Å². The highest BCUT2D eigenvalue weighted by Crippen LogP contribution is 2.30. The molecule has 0 saturated heterocycles. The zero-order chi connectivity index (χ0) is 23.8. The molecule has 33 heavy (non-hydrogen) atoms. The maximum absolute atomic E-state index is 12.8. The summed E-state index contributed by atoms with van der Waals surface area (Å²) in [6.45, 7) is 1.80. The maximum atomic E-state index is 12.8. The molecule has 12 heteroatoms. The second kappa shape index (κ2) is 8.75. The minimum Gasteiger partial charge on any atom is -0.455 e. The Balaban J connectivity index is 1.70. The minimum atomic E-state index is -4.02. The first-order chi connectivity index (χ1) is 15.7. The van der Waals surface area contributed by atoms with Crippen LogP contribution in [0, 0.1) is 6.92 Å². The lowest BCUT2D eigenvalue weighted by Gasteiger charge is -2.32. The van der Waals surface area contributed by atoms with Crippen LogP contribution in [0.15, 0.2) is 50.6 Å². The molecule has 10 nitrogen and oxygen atoms in total. The van der Waals surface area contributed by atoms with E-state index >= 15 is 0 Å². The predicted molar refractivity (Wildman–Crippen MR) is 123 cm³/mol. The Morgan fingerprint density at radius 1 is 1.39 bits per heavy atom. The lowest BCUT2D eigenvalue weighted by molar-refractivity contribution is 0.245. The van der Waals surface area contributed by atoms with Crippen LogP contribution in [0.4, 0.5) is 0 Å². The fraction of sp³-hybridized carbons (Fsp3) is 0.286. The molecule has 4 N–H and O–H groups in total. The zero-order valence-electron chi connectivity index (χ0n) is 17.8. The Kier molecular flexibility index (Phi) is 6.14. The van der Waals surface area contributed by atoms with E-state index in [0.29, 0.717) is 28.5 Å². The van der Waals surface area contributed by atoms with Gasteiger partial charge in [-0.1, -0.05) is 17.7 Å². The molecular formula is C21H22ClN5O5S. The summed E-state index contributed by atoms with van der Waals surface area (Å²) in [6.07, 6.45) is 9.93. The first-order valence-electron chi connectivity index (χ1n) is 10.00. The Morgan fingerprint density at radius 2 is 2.12 bits per heavy atom. The Morgan fingerprint density at radius 3 is 2.82 bits per heavy atom. The molecule has 0 spiro atoms. The van der Waals surface area contributed by atoms with Gasteiger partial charge in [-0.15, -0.1) is 0 Å². The van der Waals surface area contributed by atoms with Crippen molar-refractivity contribution in [1.82, 2.24) is 20.0 Å². The van der Waals surface area contributed by atoms with Crippen molar-refractivity contribution in [2.75, 3.05) is 7.05 Å². The fourth-order valence-corrected chi connectivity index (χ4v) is 5.06. The lowest BCUT2D eigenvalue weighted by Crippen LogP contribution is -2.62. The van der Waals surface area contributed by atoms with E-state index in [1.54, 1.807) is 37.5 Å². The molecule has 1 aliphatic heterocycles. The summed E-state index contributed by atoms with van der Waals surface area (Å²) in [5, 5.41) is 3.20. The standard InChI is InChI=1S/C21H22ClN5O5S/c1-12-15-5-4-14(31-20-25-7-3-8-26-20)11-17(15)32-19(28)16(12)10-13-6-9-27-21(23,18(13)22)33(29,30)24-2/h3,5-9,11,14,24,27H,4,10,23H2,1-2H3. The van der Waals surface area contributed by atoms with Gasteiger partial charge < -0.3 is 14.5 Å². The van der Waals surface area contributed by atoms with Crippen molar-refractivity contribution in [3.8, 4) is 6.01 Å². The van der Waals surface area contributed by atoms with Crippen molar-refractivity contribution in [3.05, 3.63) is 73.5 Å². The second-order valence-corrected chi connectivity index (χ2v) is 9.94. The van der Waals surface area contributed by atoms with Gasteiger partial charge in [0.1, 0.15) is 11.5 Å². The number of sulfonamides is 1. The van der Waals surface area contributed by atoms with Crippen molar-refractivity contribution in [2.24, 2.45) is 5.73 Å². The van der Waals surface area contributed by atoms with Crippen LogP contribution in [0.3, 0.4) is 0 Å². The van der Waals surface area contributed by atoms with E-state index in [-0.39, 0.29) is 23.6 Å². The van der Waals surface area contributed by atoms with E-state index < -0.39 is 20.6 Å². The largest absolute Gasteiger partial charge is 0.455 e. The number of rotatable bonds is 6. The zero-order valence-corrected chi connectivity index (χ0v) is 19.4. The normalized spacial score (nSPS) is 22.1. The Bertz CT molecular complexity index is 1440. The highest BCUT2D eigenvalue weighted by atomic mass is 35.5. The van der Waals surface area contributed by atoms with Crippen molar-refractivity contribution in [2.45, 2.75) is 30.9 Å². The summed E-state index contributed by atoms with van der Waals surface area (Å²) >= 11 is 6.39. The Hall–Kier alpha value is -2.99. The molecule has 1 aliphatic carbocycles. The number of hydrogen-bond donors (Lipinski definition) is 3. The number of halogens is 1. The van der Waals surface area contributed by atoms with Gasteiger partial charge in [0, 0.05) is 36.0 Å². The summed E-state index contributed by atoms with van der Waals surface area (Å²) in [5.41, 5.74) is 7.33. The van der Waals surface area contributed by atoms with E-state index in [1.165, 1.54) is 13.2 Å². The molecule has 2 unspecified atom stereocenters. The number of nitrogens with two attached hydrogens (primary N) is 1. The second-order valence-electron chi connectivity index (χ2n) is 7.50. The van der Waals surface area contributed by atoms with Gasteiger partial charge in [-0.05, 0) is 49.5 Å². The highest BCUT2D eigenvalue weighted by Gasteiger charge is 2.44. The molecular weight excluding hydrogens is 470 g/mol. The molecule has 0 amide bonds. The number of ether oxygens (including phenoxy) is 1. The van der Waals surface area contributed by atoms with Crippen LogP contribution in [0.25, 0.3) is 12.2 Å². The molecule has 2 aliphatic rings. The van der Waals surface area contributed by atoms with Crippen LogP contribution in [0.1, 0.15) is 17.5 Å². The number of allylic oxidation sites excluding steroid dienone is 2. The van der Waals surface area contributed by atoms with Gasteiger partial charge in [-0.2, -0.15) is 0 Å². The molecule has 0 aromatic carbocycles. The number of nitrogens with one attached hydrogen (secondary N) is 2. The van der Waals surface area contributed by atoms with Crippen LogP contribution in [-0.4, -0.2) is 36.5 Å². The van der Waals surface area contributed by atoms with Gasteiger partial charge in [-0.25, -0.2) is 27.9 Å². The molecule has 0 bridgehead atoms. The summed E-state index contributed by atoms with van der Waals surface area (Å²) in [7, 11) is -2.78. The van der Waals surface area contributed by atoms with Gasteiger partial charge in [0.2, 0.25) is 4.99 Å². The summed E-state index contributed by atoms with van der Waals surface area (Å²) < 4.78 is 38.3. The van der Waals surface area contributed by atoms with Crippen LogP contribution in [-0.2, 0) is 16.4 Å². The fourth-order valence-electron chi connectivity index (χ4n) is 3.66. The molecule has 3 heterocycles. The minimum absolute atomic E-state index is 0.0439. The van der Waals surface area contributed by atoms with E-state index in [0.717, 1.165) is 5.22 Å². The van der Waals surface area contributed by atoms with Gasteiger partial charge in [0.25, 0.3) is 10.0 Å². The van der Waals surface area contributed by atoms with E-state index in [4.69, 9.17) is 26.5 Å². The number of fused-ring (bicyclic) bond motifs is 1. The third-order valence-electron chi connectivity index (χ3n) is 5.51. The number of nitrogens with zero attached hydrogens (tertiary/aromatic N) is 2. The van der Waals surface area contributed by atoms with Crippen molar-refractivity contribution in [1.29, 1.82) is 0 Å². The van der Waals surface area contributed by atoms with Crippen molar-refractivity contribution >= 4 is 33.8 Å². The average molecular weight is 492 g/mol. The third kappa shape index (κ3) is 4.20. The topological polar surface area (TPSA) is 149 Å². The number of aromatic nitrogens is 2. The Labute approximate surface area is 194 Å². The van der Waals surface area contributed by atoms with Crippen LogP contribution in [0.5, 0.6) is 6.01 Å². The number of hydrogen-bond acceptors (Lipinski definition) is 9. The summed E-state index contributed by atoms with van der Waals surface area (Å²) in [4.78, 5) is 18.9. The van der Waals surface area contributed by atoms with Crippen molar-refractivity contribution < 1.29 is 17.6 Å². The number of dihydropyridines is 1. The predicted octanol–water partition coefficient (Wildman–Crippen LogP) is -0.535. The first-order valence-corrected chi connectivity index (χ1v) is 11.9. The molecule has 2 aromatic rings. The smallest absolute Gasteiger partial charge is 0.340 e. The monoisotopic (exact) mass is 491 g/mol. The summed E-state index contributed by atoms with van der Waals surface area (Å²) in [6, 6.07) is 1.91. The van der Waals surface area contributed by atoms with Crippen LogP contribution >= 0.6 is 11.6 Å². The van der Waals surface area contributed by atoms with Gasteiger partial charge in [-0.3, -0.25) is 5.73 Å². The quantitative estimate of drug-likeness (QED) is 0.484. The first kappa shape index (κ1) is 23.2. The SMILES string of the molecule is CNS(=O)(=O)C1(N)NC=CC(Cc2c(C)c3c(oc2=O)=CC(Oc2ncccn2)CC=3)=C1Cl. The molecule has 2 atom stereocenters. The van der Waals surface area contributed by atoms with E-state index in [2.05, 4.69) is 20.0 Å². The molecule has 0 fully saturated rings. The van der Waals surface area contributed by atoms with E-state index in [9.17, 15) is 13.2 Å². The van der Waals surface area contributed by atoms with Crippen LogP contribution < -0.4 is 36.8 Å². The van der Waals surface area contributed by atoms with Crippen molar-refractivity contribution in [3.63, 3.8) is 0 Å². The molecule has 2 aromatic heterocycles. The van der Waals surface area contributed by atoms with Gasteiger partial charge in [0.15, 0.2) is 0 Å². The highest BCUT2D eigenvalue weighted by molar-refractivity contribution is 7.91. The third-order valence-corrected chi connectivity index (χ3v) is 7.87. The average Bonchev–Trinajstić information content (AvgIpc) is 2.79. The summed E-state index contributed by atoms with van der Waals surface area (Å²) in [5.74, 6) is 0. The molecule has 0 radical (unpaired) electrons.